The number of non-ortho nitro benzene ring substituents is 1. The van der Waals surface area contributed by atoms with E-state index < -0.39 is 16.9 Å². The Hall–Kier alpha value is -4.83. The third kappa shape index (κ3) is 6.34. The number of carbonyl (C=O) groups is 1. The van der Waals surface area contributed by atoms with E-state index in [2.05, 4.69) is 18.8 Å². The van der Waals surface area contributed by atoms with Crippen molar-refractivity contribution in [3.8, 4) is 5.75 Å². The van der Waals surface area contributed by atoms with E-state index in [1.54, 1.807) is 48.8 Å². The number of nitro benzene ring substituents is 1. The molecule has 0 spiro atoms. The summed E-state index contributed by atoms with van der Waals surface area (Å²) >= 11 is 1.27. The maximum absolute atomic E-state index is 13.8. The number of esters is 1. The third-order valence-electron chi connectivity index (χ3n) is 7.17. The van der Waals surface area contributed by atoms with E-state index in [1.807, 2.05) is 36.4 Å². The van der Waals surface area contributed by atoms with Crippen molar-refractivity contribution in [1.29, 1.82) is 0 Å². The average molecular weight is 598 g/mol. The number of ether oxygens (including phenoxy) is 2. The van der Waals surface area contributed by atoms with Crippen molar-refractivity contribution in [1.82, 2.24) is 4.57 Å². The first kappa shape index (κ1) is 29.7. The van der Waals surface area contributed by atoms with Crippen molar-refractivity contribution in [3.63, 3.8) is 0 Å². The minimum atomic E-state index is -0.658. The Morgan fingerprint density at radius 1 is 1.07 bits per heavy atom. The van der Waals surface area contributed by atoms with E-state index in [0.717, 1.165) is 22.3 Å². The second-order valence-corrected chi connectivity index (χ2v) is 11.4. The van der Waals surface area contributed by atoms with Gasteiger partial charge in [-0.2, -0.15) is 0 Å². The molecule has 43 heavy (non-hydrogen) atoms. The highest BCUT2D eigenvalue weighted by Gasteiger charge is 2.33. The molecule has 0 saturated heterocycles. The van der Waals surface area contributed by atoms with Crippen LogP contribution in [-0.4, -0.2) is 22.1 Å². The summed E-state index contributed by atoms with van der Waals surface area (Å²) in [6.45, 7) is 8.23. The maximum atomic E-state index is 13.8. The molecule has 0 unspecified atom stereocenters. The van der Waals surface area contributed by atoms with Crippen LogP contribution in [0.4, 0.5) is 5.69 Å². The fourth-order valence-corrected chi connectivity index (χ4v) is 5.91. The number of hydrogen-bond donors (Lipinski definition) is 0. The Kier molecular flexibility index (Phi) is 8.68. The number of nitro groups is 1. The lowest BCUT2D eigenvalue weighted by Crippen LogP contribution is -2.39. The molecule has 220 valence electrons. The molecule has 9 nitrogen and oxygen atoms in total. The summed E-state index contributed by atoms with van der Waals surface area (Å²) < 4.78 is 13.3. The molecule has 4 aromatic rings. The van der Waals surface area contributed by atoms with Gasteiger partial charge in [-0.1, -0.05) is 61.6 Å². The van der Waals surface area contributed by atoms with Crippen molar-refractivity contribution < 1.29 is 19.2 Å². The zero-order valence-electron chi connectivity index (χ0n) is 24.3. The lowest BCUT2D eigenvalue weighted by molar-refractivity contribution is -0.384. The number of fused-ring (bicyclic) bond motifs is 1. The predicted octanol–water partition coefficient (Wildman–Crippen LogP) is 5.41. The molecule has 2 heterocycles. The monoisotopic (exact) mass is 597 g/mol. The first-order valence-electron chi connectivity index (χ1n) is 13.9. The number of aromatic nitrogens is 1. The number of benzene rings is 3. The lowest BCUT2D eigenvalue weighted by atomic mass is 9.93. The molecule has 0 N–H and O–H groups in total. The van der Waals surface area contributed by atoms with E-state index in [1.165, 1.54) is 23.5 Å². The summed E-state index contributed by atoms with van der Waals surface area (Å²) in [5.41, 5.74) is 4.24. The van der Waals surface area contributed by atoms with E-state index in [-0.39, 0.29) is 24.5 Å². The second kappa shape index (κ2) is 12.6. The number of carbonyl (C=O) groups excluding carboxylic acids is 1. The van der Waals surface area contributed by atoms with Gasteiger partial charge in [0.25, 0.3) is 11.2 Å². The average Bonchev–Trinajstić information content (AvgIpc) is 3.30. The quantitative estimate of drug-likeness (QED) is 0.145. The number of hydrogen-bond acceptors (Lipinski definition) is 8. The van der Waals surface area contributed by atoms with Crippen molar-refractivity contribution in [2.75, 3.05) is 6.61 Å². The first-order chi connectivity index (χ1) is 20.7. The van der Waals surface area contributed by atoms with Gasteiger partial charge in [0.05, 0.1) is 33.4 Å². The standard InChI is InChI=1S/C33H31N3O6S/c1-5-41-32(38)29-21(4)34-33-35(30(29)25-12-10-24(11-13-25)20(2)3)31(37)28(43-33)18-22-8-16-27(17-9-22)42-19-23-6-14-26(15-7-23)36(39)40/h6-18,20,30H,5,19H2,1-4H3/b28-18-/t30-/m1/s1. The molecule has 10 heteroatoms. The van der Waals surface area contributed by atoms with E-state index in [4.69, 9.17) is 9.47 Å². The van der Waals surface area contributed by atoms with Crippen LogP contribution in [0.15, 0.2) is 93.9 Å². The van der Waals surface area contributed by atoms with Gasteiger partial charge in [0.2, 0.25) is 0 Å². The van der Waals surface area contributed by atoms with Crippen molar-refractivity contribution >= 4 is 29.1 Å². The topological polar surface area (TPSA) is 113 Å². The molecule has 0 amide bonds. The molecule has 0 bridgehead atoms. The number of allylic oxidation sites excluding steroid dienone is 1. The normalized spacial score (nSPS) is 14.8. The van der Waals surface area contributed by atoms with Gasteiger partial charge in [0.1, 0.15) is 12.4 Å². The van der Waals surface area contributed by atoms with Gasteiger partial charge in [0.15, 0.2) is 4.80 Å². The molecule has 1 aliphatic rings. The molecule has 3 aromatic carbocycles. The zero-order valence-corrected chi connectivity index (χ0v) is 25.1. The number of thiazole rings is 1. The Morgan fingerprint density at radius 3 is 2.35 bits per heavy atom. The van der Waals surface area contributed by atoms with Crippen LogP contribution in [0.5, 0.6) is 5.75 Å². The minimum Gasteiger partial charge on any atom is -0.489 e. The molecule has 5 rings (SSSR count). The molecule has 1 aliphatic heterocycles. The summed E-state index contributed by atoms with van der Waals surface area (Å²) in [7, 11) is 0. The number of nitrogens with zero attached hydrogens (tertiary/aromatic N) is 3. The van der Waals surface area contributed by atoms with Crippen LogP contribution < -0.4 is 19.6 Å². The van der Waals surface area contributed by atoms with Crippen LogP contribution in [-0.2, 0) is 16.1 Å². The van der Waals surface area contributed by atoms with Crippen LogP contribution in [0, 0.1) is 10.1 Å². The molecule has 0 aliphatic carbocycles. The van der Waals surface area contributed by atoms with Crippen LogP contribution in [0.3, 0.4) is 0 Å². The van der Waals surface area contributed by atoms with Gasteiger partial charge >= 0.3 is 5.97 Å². The van der Waals surface area contributed by atoms with Gasteiger partial charge in [-0.3, -0.25) is 19.5 Å². The van der Waals surface area contributed by atoms with Crippen LogP contribution in [0.2, 0.25) is 0 Å². The van der Waals surface area contributed by atoms with Gasteiger partial charge in [-0.05, 0) is 72.4 Å². The Morgan fingerprint density at radius 2 is 1.74 bits per heavy atom. The summed E-state index contributed by atoms with van der Waals surface area (Å²) in [4.78, 5) is 42.5. The summed E-state index contributed by atoms with van der Waals surface area (Å²) in [6, 6.07) is 20.8. The second-order valence-electron chi connectivity index (χ2n) is 10.4. The van der Waals surface area contributed by atoms with Crippen LogP contribution >= 0.6 is 11.3 Å². The molecule has 0 fully saturated rings. The summed E-state index contributed by atoms with van der Waals surface area (Å²) in [5.74, 6) is 0.480. The Balaban J connectivity index is 1.45. The molecular formula is C33H31N3O6S. The fourth-order valence-electron chi connectivity index (χ4n) is 4.86. The summed E-state index contributed by atoms with van der Waals surface area (Å²) in [6.07, 6.45) is 1.80. The highest BCUT2D eigenvalue weighted by Crippen LogP contribution is 2.31. The highest BCUT2D eigenvalue weighted by molar-refractivity contribution is 7.07. The van der Waals surface area contributed by atoms with Crippen LogP contribution in [0.1, 0.15) is 61.9 Å². The summed E-state index contributed by atoms with van der Waals surface area (Å²) in [5, 5.41) is 10.9. The Labute approximate surface area is 252 Å². The fraction of sp³-hybridized carbons (Fsp3) is 0.242. The zero-order chi connectivity index (χ0) is 30.7. The molecule has 0 radical (unpaired) electrons. The van der Waals surface area contributed by atoms with Gasteiger partial charge in [-0.15, -0.1) is 0 Å². The third-order valence-corrected chi connectivity index (χ3v) is 8.15. The van der Waals surface area contributed by atoms with Crippen molar-refractivity contribution in [2.45, 2.75) is 46.3 Å². The first-order valence-corrected chi connectivity index (χ1v) is 14.7. The highest BCUT2D eigenvalue weighted by atomic mass is 32.1. The SMILES string of the molecule is CCOC(=O)C1=C(C)N=c2s/c(=C\c3ccc(OCc4ccc([N+](=O)[O-])cc4)cc3)c(=O)n2[C@@H]1c1ccc(C(C)C)cc1. The van der Waals surface area contributed by atoms with Gasteiger partial charge in [-0.25, -0.2) is 9.79 Å². The minimum absolute atomic E-state index is 0.0287. The van der Waals surface area contributed by atoms with Crippen LogP contribution in [0.25, 0.3) is 6.08 Å². The van der Waals surface area contributed by atoms with Crippen molar-refractivity contribution in [2.24, 2.45) is 4.99 Å². The lowest BCUT2D eigenvalue weighted by Gasteiger charge is -2.25. The largest absolute Gasteiger partial charge is 0.489 e. The van der Waals surface area contributed by atoms with Crippen molar-refractivity contribution in [3.05, 3.63) is 136 Å². The van der Waals surface area contributed by atoms with E-state index in [0.29, 0.717) is 32.3 Å². The number of rotatable bonds is 9. The molecule has 1 atom stereocenters. The molecular weight excluding hydrogens is 566 g/mol. The Bertz CT molecular complexity index is 1870. The maximum Gasteiger partial charge on any atom is 0.338 e. The predicted molar refractivity (Wildman–Crippen MR) is 165 cm³/mol. The van der Waals surface area contributed by atoms with E-state index in [9.17, 15) is 19.7 Å². The molecule has 1 aromatic heterocycles. The molecule has 0 saturated carbocycles. The van der Waals surface area contributed by atoms with Gasteiger partial charge in [0, 0.05) is 12.1 Å². The van der Waals surface area contributed by atoms with E-state index >= 15 is 0 Å². The van der Waals surface area contributed by atoms with Gasteiger partial charge < -0.3 is 9.47 Å². The smallest absolute Gasteiger partial charge is 0.338 e.